The van der Waals surface area contributed by atoms with E-state index in [2.05, 4.69) is 122 Å². The summed E-state index contributed by atoms with van der Waals surface area (Å²) in [5, 5.41) is 4.52. The third kappa shape index (κ3) is 8.79. The molecule has 0 bridgehead atoms. The maximum atomic E-state index is 2.45. The van der Waals surface area contributed by atoms with Crippen LogP contribution in [0.15, 0.2) is 115 Å². The Morgan fingerprint density at radius 1 is 0.462 bits per heavy atom. The maximum Gasteiger partial charge on any atom is 0.116 e. The average molecular weight is 557 g/mol. The summed E-state index contributed by atoms with van der Waals surface area (Å²) in [6.45, 7) is 2.30. The molecule has 0 aliphatic rings. The topological polar surface area (TPSA) is 0 Å². The van der Waals surface area contributed by atoms with Gasteiger partial charge in [0.05, 0.1) is 6.16 Å². The molecule has 0 amide bonds. The van der Waals surface area contributed by atoms with Crippen LogP contribution in [0.5, 0.6) is 0 Å². The zero-order valence-electron chi connectivity index (χ0n) is 23.8. The Balaban J connectivity index is 0.00000420. The fourth-order valence-electron chi connectivity index (χ4n) is 5.81. The molecule has 0 saturated carbocycles. The minimum atomic E-state index is -1.89. The lowest BCUT2D eigenvalue weighted by Crippen LogP contribution is -3.00. The van der Waals surface area contributed by atoms with Gasteiger partial charge in [-0.15, -0.1) is 0 Å². The molecule has 0 aromatic heterocycles. The van der Waals surface area contributed by atoms with Crippen LogP contribution >= 0.6 is 7.26 Å². The van der Waals surface area contributed by atoms with Gasteiger partial charge in [0.15, 0.2) is 0 Å². The summed E-state index contributed by atoms with van der Waals surface area (Å²) in [4.78, 5) is 0. The van der Waals surface area contributed by atoms with Gasteiger partial charge in [-0.05, 0) is 54.3 Å². The van der Waals surface area contributed by atoms with Crippen molar-refractivity contribution in [1.29, 1.82) is 0 Å². The molecule has 2 heteroatoms. The van der Waals surface area contributed by atoms with Crippen LogP contribution < -0.4 is 28.3 Å². The van der Waals surface area contributed by atoms with Gasteiger partial charge < -0.3 is 12.4 Å². The largest absolute Gasteiger partial charge is 1.00 e. The fraction of sp³-hybridized carbons (Fsp3) is 0.351. The van der Waals surface area contributed by atoms with E-state index >= 15 is 0 Å². The Hall–Kier alpha value is -2.40. The van der Waals surface area contributed by atoms with E-state index in [0.29, 0.717) is 0 Å². The molecule has 0 fully saturated rings. The Morgan fingerprint density at radius 3 is 1.44 bits per heavy atom. The van der Waals surface area contributed by atoms with Crippen LogP contribution in [0, 0.1) is 0 Å². The highest BCUT2D eigenvalue weighted by atomic mass is 35.5. The third-order valence-electron chi connectivity index (χ3n) is 7.86. The smallest absolute Gasteiger partial charge is 0.116 e. The van der Waals surface area contributed by atoms with Gasteiger partial charge in [-0.25, -0.2) is 0 Å². The van der Waals surface area contributed by atoms with Crippen molar-refractivity contribution in [1.82, 2.24) is 0 Å². The monoisotopic (exact) mass is 556 g/mol. The molecule has 4 aromatic rings. The average Bonchev–Trinajstić information content (AvgIpc) is 2.99. The molecule has 0 saturated heterocycles. The molecule has 0 atom stereocenters. The normalized spacial score (nSPS) is 11.2. The van der Waals surface area contributed by atoms with Gasteiger partial charge >= 0.3 is 0 Å². The molecule has 4 aromatic carbocycles. The van der Waals surface area contributed by atoms with E-state index in [0.717, 1.165) is 6.16 Å². The number of benzene rings is 4. The van der Waals surface area contributed by atoms with Crippen molar-refractivity contribution in [3.63, 3.8) is 0 Å². The minimum absolute atomic E-state index is 0. The minimum Gasteiger partial charge on any atom is -1.00 e. The third-order valence-corrected chi connectivity index (χ3v) is 12.3. The zero-order valence-corrected chi connectivity index (χ0v) is 25.4. The van der Waals surface area contributed by atoms with Crippen molar-refractivity contribution >= 4 is 23.2 Å². The first-order valence-electron chi connectivity index (χ1n) is 15.0. The number of rotatable bonds is 16. The number of aryl methyl sites for hydroxylation is 1. The van der Waals surface area contributed by atoms with Crippen molar-refractivity contribution in [3.8, 4) is 0 Å². The predicted octanol–water partition coefficient (Wildman–Crippen LogP) is 6.65. The van der Waals surface area contributed by atoms with Gasteiger partial charge in [-0.1, -0.05) is 150 Å². The van der Waals surface area contributed by atoms with Crippen molar-refractivity contribution in [2.45, 2.75) is 83.7 Å². The molecule has 39 heavy (non-hydrogen) atoms. The number of halogens is 1. The molecule has 0 radical (unpaired) electrons. The van der Waals surface area contributed by atoms with Gasteiger partial charge in [-0.3, -0.25) is 0 Å². The molecule has 0 aliphatic heterocycles. The van der Waals surface area contributed by atoms with Gasteiger partial charge in [0.1, 0.15) is 23.2 Å². The zero-order chi connectivity index (χ0) is 26.3. The van der Waals surface area contributed by atoms with Crippen LogP contribution in [0.25, 0.3) is 0 Å². The molecule has 0 unspecified atom stereocenters. The first-order chi connectivity index (χ1) is 18.8. The lowest BCUT2D eigenvalue weighted by molar-refractivity contribution is -0.00000771. The second-order valence-corrected chi connectivity index (χ2v) is 14.1. The van der Waals surface area contributed by atoms with E-state index in [1.165, 1.54) is 86.8 Å². The van der Waals surface area contributed by atoms with Crippen LogP contribution in [0.3, 0.4) is 0 Å². The summed E-state index contributed by atoms with van der Waals surface area (Å²) in [6.07, 6.45) is 16.0. The van der Waals surface area contributed by atoms with Crippen LogP contribution in [-0.4, -0.2) is 0 Å². The lowest BCUT2D eigenvalue weighted by atomic mass is 10.0. The van der Waals surface area contributed by atoms with Gasteiger partial charge in [0, 0.05) is 0 Å². The Labute approximate surface area is 245 Å². The van der Waals surface area contributed by atoms with E-state index in [1.54, 1.807) is 10.9 Å². The first-order valence-corrected chi connectivity index (χ1v) is 16.9. The highest BCUT2D eigenvalue weighted by Gasteiger charge is 2.46. The second kappa shape index (κ2) is 17.3. The molecule has 0 nitrogen and oxygen atoms in total. The summed E-state index contributed by atoms with van der Waals surface area (Å²) in [5.74, 6) is 0. The summed E-state index contributed by atoms with van der Waals surface area (Å²) in [6, 6.07) is 43.2. The molecule has 0 aliphatic carbocycles. The van der Waals surface area contributed by atoms with Crippen LogP contribution in [0.4, 0.5) is 0 Å². The van der Waals surface area contributed by atoms with Crippen LogP contribution in [-0.2, 0) is 12.6 Å². The van der Waals surface area contributed by atoms with E-state index in [9.17, 15) is 0 Å². The SMILES string of the molecule is CCCCCCCCCCCCc1ccccc1[P+](Cc1ccccc1)(c1ccccc1)c1ccccc1.[Cl-]. The van der Waals surface area contributed by atoms with Crippen molar-refractivity contribution in [2.75, 3.05) is 0 Å². The fourth-order valence-corrected chi connectivity index (χ4v) is 10.3. The van der Waals surface area contributed by atoms with E-state index in [-0.39, 0.29) is 12.4 Å². The summed E-state index contributed by atoms with van der Waals surface area (Å²) in [7, 11) is -1.89. The van der Waals surface area contributed by atoms with Crippen molar-refractivity contribution in [3.05, 3.63) is 126 Å². The second-order valence-electron chi connectivity index (χ2n) is 10.7. The Kier molecular flexibility index (Phi) is 13.8. The van der Waals surface area contributed by atoms with Gasteiger partial charge in [0.2, 0.25) is 0 Å². The molecule has 0 spiro atoms. The molecule has 206 valence electrons. The highest BCUT2D eigenvalue weighted by Crippen LogP contribution is 2.58. The van der Waals surface area contributed by atoms with E-state index < -0.39 is 7.26 Å². The van der Waals surface area contributed by atoms with Gasteiger partial charge in [-0.2, -0.15) is 0 Å². The van der Waals surface area contributed by atoms with E-state index in [1.807, 2.05) is 0 Å². The summed E-state index contributed by atoms with van der Waals surface area (Å²) in [5.41, 5.74) is 2.96. The van der Waals surface area contributed by atoms with Gasteiger partial charge in [0.25, 0.3) is 0 Å². The summed E-state index contributed by atoms with van der Waals surface area (Å²) >= 11 is 0. The lowest BCUT2D eigenvalue weighted by Gasteiger charge is -2.29. The Morgan fingerprint density at radius 2 is 0.897 bits per heavy atom. The summed E-state index contributed by atoms with van der Waals surface area (Å²) < 4.78 is 0. The van der Waals surface area contributed by atoms with E-state index in [4.69, 9.17) is 0 Å². The van der Waals surface area contributed by atoms with Crippen molar-refractivity contribution in [2.24, 2.45) is 0 Å². The number of hydrogen-bond acceptors (Lipinski definition) is 0. The standard InChI is InChI=1S/C37H46P.ClH/c1-2-3-4-5-6-7-8-9-10-16-25-34-26-21-22-31-37(34)38(35-27-17-12-18-28-35,36-29-19-13-20-30-36)32-33-23-14-11-15-24-33;/h11-15,17-24,26-31H,2-10,16,25,32H2,1H3;1H/q+1;/p-1. The molecule has 4 rings (SSSR count). The molecule has 0 heterocycles. The maximum absolute atomic E-state index is 2.45. The predicted molar refractivity (Wildman–Crippen MR) is 171 cm³/mol. The van der Waals surface area contributed by atoms with Crippen molar-refractivity contribution < 1.29 is 12.4 Å². The van der Waals surface area contributed by atoms with Crippen LogP contribution in [0.1, 0.15) is 82.3 Å². The molecular formula is C37H46ClP. The Bertz CT molecular complexity index is 1130. The molecule has 0 N–H and O–H groups in total. The highest BCUT2D eigenvalue weighted by molar-refractivity contribution is 7.95. The quantitative estimate of drug-likeness (QED) is 0.107. The number of hydrogen-bond donors (Lipinski definition) is 0. The number of unbranched alkanes of at least 4 members (excludes halogenated alkanes) is 9. The first kappa shape index (κ1) is 31.1. The van der Waals surface area contributed by atoms with Crippen LogP contribution in [0.2, 0.25) is 0 Å². The molecular weight excluding hydrogens is 511 g/mol.